The number of amides is 5. The Balaban J connectivity index is 1.66. The summed E-state index contributed by atoms with van der Waals surface area (Å²) in [6, 6.07) is 16.2. The van der Waals surface area contributed by atoms with Crippen molar-refractivity contribution in [3.05, 3.63) is 66.2 Å². The van der Waals surface area contributed by atoms with Gasteiger partial charge in [0.15, 0.2) is 0 Å². The van der Waals surface area contributed by atoms with Crippen LogP contribution in [-0.4, -0.2) is 54.0 Å². The first-order valence-corrected chi connectivity index (χ1v) is 13.0. The van der Waals surface area contributed by atoms with Crippen LogP contribution in [0.4, 0.5) is 10.5 Å². The molecule has 2 atom stereocenters. The van der Waals surface area contributed by atoms with Gasteiger partial charge in [0, 0.05) is 24.5 Å². The molecule has 3 aromatic rings. The molecule has 41 heavy (non-hydrogen) atoms. The number of carbonyl (C=O) groups is 5. The summed E-state index contributed by atoms with van der Waals surface area (Å²) in [5, 5.41) is 21.4. The standard InChI is InChI=1S/C29H34N6O6/c1-17(36)34-24(7-4-14-32-29(31)41)28(40)33-16-26(37)35-25(15-27(38)39)19-10-8-18(9-11-19)20-12-13-23(30)22-6-3-2-5-21(20)22/h2-3,5-6,8-13,24-25H,4,7,14-16,30H2,1H3,(H,33,40)(H,34,36)(H,35,37)(H,38,39)(H3,31,32,41). The van der Waals surface area contributed by atoms with E-state index in [0.29, 0.717) is 17.7 Å². The molecule has 0 aliphatic carbocycles. The number of benzene rings is 3. The maximum absolute atomic E-state index is 12.7. The first-order valence-electron chi connectivity index (χ1n) is 13.0. The van der Waals surface area contributed by atoms with E-state index < -0.39 is 48.4 Å². The quantitative estimate of drug-likeness (QED) is 0.121. The Morgan fingerprint density at radius 3 is 2.20 bits per heavy atom. The van der Waals surface area contributed by atoms with Crippen molar-refractivity contribution in [1.29, 1.82) is 0 Å². The molecule has 12 nitrogen and oxygen atoms in total. The van der Waals surface area contributed by atoms with E-state index in [1.165, 1.54) is 6.92 Å². The molecule has 2 unspecified atom stereocenters. The predicted octanol–water partition coefficient (Wildman–Crippen LogP) is 1.79. The van der Waals surface area contributed by atoms with Crippen molar-refractivity contribution in [3.63, 3.8) is 0 Å². The average molecular weight is 563 g/mol. The number of aliphatic carboxylic acids is 1. The SMILES string of the molecule is CC(=O)NC(CCCNC(N)=O)C(=O)NCC(=O)NC(CC(=O)O)c1ccc(-c2ccc(N)c3ccccc23)cc1. The number of nitrogens with two attached hydrogens (primary N) is 2. The van der Waals surface area contributed by atoms with Crippen LogP contribution >= 0.6 is 0 Å². The lowest BCUT2D eigenvalue weighted by atomic mass is 9.95. The molecule has 0 saturated heterocycles. The summed E-state index contributed by atoms with van der Waals surface area (Å²) in [5.74, 6) is -2.74. The molecule has 216 valence electrons. The third kappa shape index (κ3) is 8.95. The van der Waals surface area contributed by atoms with Gasteiger partial charge in [-0.15, -0.1) is 0 Å². The van der Waals surface area contributed by atoms with E-state index in [4.69, 9.17) is 11.5 Å². The van der Waals surface area contributed by atoms with Gasteiger partial charge in [0.1, 0.15) is 6.04 Å². The lowest BCUT2D eigenvalue weighted by molar-refractivity contribution is -0.138. The number of rotatable bonds is 13. The molecule has 3 rings (SSSR count). The average Bonchev–Trinajstić information content (AvgIpc) is 2.93. The topological polar surface area (TPSA) is 206 Å². The number of carbonyl (C=O) groups excluding carboxylic acids is 4. The van der Waals surface area contributed by atoms with Gasteiger partial charge in [0.2, 0.25) is 17.7 Å². The summed E-state index contributed by atoms with van der Waals surface area (Å²) >= 11 is 0. The van der Waals surface area contributed by atoms with Gasteiger partial charge in [0.05, 0.1) is 19.0 Å². The van der Waals surface area contributed by atoms with E-state index >= 15 is 0 Å². The van der Waals surface area contributed by atoms with Crippen LogP contribution in [0.25, 0.3) is 21.9 Å². The number of carboxylic acid groups (broad SMARTS) is 1. The van der Waals surface area contributed by atoms with E-state index in [0.717, 1.165) is 21.9 Å². The number of hydrogen-bond donors (Lipinski definition) is 7. The zero-order valence-corrected chi connectivity index (χ0v) is 22.6. The second kappa shape index (κ2) is 14.3. The number of primary amides is 1. The molecule has 0 radical (unpaired) electrons. The number of fused-ring (bicyclic) bond motifs is 1. The molecule has 0 aliphatic heterocycles. The Hall–Kier alpha value is -5.13. The van der Waals surface area contributed by atoms with Crippen molar-refractivity contribution in [2.75, 3.05) is 18.8 Å². The van der Waals surface area contributed by atoms with E-state index in [-0.39, 0.29) is 19.4 Å². The largest absolute Gasteiger partial charge is 0.481 e. The number of nitrogen functional groups attached to an aromatic ring is 1. The lowest BCUT2D eigenvalue weighted by Crippen LogP contribution is -2.49. The van der Waals surface area contributed by atoms with Gasteiger partial charge in [-0.2, -0.15) is 0 Å². The maximum atomic E-state index is 12.7. The summed E-state index contributed by atoms with van der Waals surface area (Å²) in [6.45, 7) is 1.04. The number of carboxylic acids is 1. The highest BCUT2D eigenvalue weighted by Crippen LogP contribution is 2.32. The molecule has 3 aromatic carbocycles. The number of urea groups is 1. The van der Waals surface area contributed by atoms with Gasteiger partial charge >= 0.3 is 12.0 Å². The molecule has 0 bridgehead atoms. The zero-order chi connectivity index (χ0) is 29.9. The Kier molecular flexibility index (Phi) is 10.6. The molecule has 0 aromatic heterocycles. The van der Waals surface area contributed by atoms with Gasteiger partial charge < -0.3 is 37.8 Å². The molecule has 12 heteroatoms. The van der Waals surface area contributed by atoms with Crippen LogP contribution in [0.3, 0.4) is 0 Å². The lowest BCUT2D eigenvalue weighted by Gasteiger charge is -2.20. The Morgan fingerprint density at radius 2 is 1.56 bits per heavy atom. The maximum Gasteiger partial charge on any atom is 0.312 e. The van der Waals surface area contributed by atoms with Gasteiger partial charge in [-0.1, -0.05) is 54.6 Å². The fourth-order valence-corrected chi connectivity index (χ4v) is 4.46. The van der Waals surface area contributed by atoms with E-state index in [1.54, 1.807) is 12.1 Å². The second-order valence-corrected chi connectivity index (χ2v) is 9.49. The fourth-order valence-electron chi connectivity index (χ4n) is 4.46. The molecule has 9 N–H and O–H groups in total. The van der Waals surface area contributed by atoms with Crippen LogP contribution in [0.1, 0.15) is 37.8 Å². The van der Waals surface area contributed by atoms with Gasteiger partial charge in [-0.05, 0) is 41.0 Å². The minimum atomic E-state index is -1.11. The third-order valence-corrected chi connectivity index (χ3v) is 6.38. The Labute approximate surface area is 236 Å². The fraction of sp³-hybridized carbons (Fsp3) is 0.276. The highest BCUT2D eigenvalue weighted by atomic mass is 16.4. The molecular weight excluding hydrogens is 528 g/mol. The van der Waals surface area contributed by atoms with Crippen molar-refractivity contribution >= 4 is 46.2 Å². The first-order chi connectivity index (χ1) is 19.5. The summed E-state index contributed by atoms with van der Waals surface area (Å²) in [5.41, 5.74) is 14.2. The first kappa shape index (κ1) is 30.4. The van der Waals surface area contributed by atoms with Crippen LogP contribution in [0.15, 0.2) is 60.7 Å². The normalized spacial score (nSPS) is 12.1. The van der Waals surface area contributed by atoms with E-state index in [9.17, 15) is 29.1 Å². The minimum absolute atomic E-state index is 0.199. The third-order valence-electron chi connectivity index (χ3n) is 6.38. The summed E-state index contributed by atoms with van der Waals surface area (Å²) < 4.78 is 0. The van der Waals surface area contributed by atoms with Crippen LogP contribution < -0.4 is 32.7 Å². The number of nitrogens with one attached hydrogen (secondary N) is 4. The van der Waals surface area contributed by atoms with Crippen LogP contribution in [0.5, 0.6) is 0 Å². The highest BCUT2D eigenvalue weighted by molar-refractivity contribution is 6.02. The molecule has 0 fully saturated rings. The monoisotopic (exact) mass is 562 g/mol. The highest BCUT2D eigenvalue weighted by Gasteiger charge is 2.22. The molecule has 0 heterocycles. The Morgan fingerprint density at radius 1 is 0.878 bits per heavy atom. The predicted molar refractivity (Wildman–Crippen MR) is 154 cm³/mol. The summed E-state index contributed by atoms with van der Waals surface area (Å²) in [4.78, 5) is 59.2. The van der Waals surface area contributed by atoms with Crippen molar-refractivity contribution < 1.29 is 29.1 Å². The summed E-state index contributed by atoms with van der Waals surface area (Å²) in [6.07, 6.45) is 0.187. The molecule has 0 saturated carbocycles. The minimum Gasteiger partial charge on any atom is -0.481 e. The zero-order valence-electron chi connectivity index (χ0n) is 22.6. The van der Waals surface area contributed by atoms with E-state index in [1.807, 2.05) is 48.5 Å². The van der Waals surface area contributed by atoms with E-state index in [2.05, 4.69) is 21.3 Å². The molecule has 5 amide bonds. The van der Waals surface area contributed by atoms with Gasteiger partial charge in [-0.3, -0.25) is 19.2 Å². The van der Waals surface area contributed by atoms with Gasteiger partial charge in [0.25, 0.3) is 0 Å². The van der Waals surface area contributed by atoms with Gasteiger partial charge in [-0.25, -0.2) is 4.79 Å². The Bertz CT molecular complexity index is 1430. The van der Waals surface area contributed by atoms with Crippen molar-refractivity contribution in [3.8, 4) is 11.1 Å². The smallest absolute Gasteiger partial charge is 0.312 e. The van der Waals surface area contributed by atoms with Crippen LogP contribution in [-0.2, 0) is 19.2 Å². The second-order valence-electron chi connectivity index (χ2n) is 9.49. The molecular formula is C29H34N6O6. The van der Waals surface area contributed by atoms with Crippen LogP contribution in [0.2, 0.25) is 0 Å². The summed E-state index contributed by atoms with van der Waals surface area (Å²) in [7, 11) is 0. The van der Waals surface area contributed by atoms with Crippen molar-refractivity contribution in [2.45, 2.75) is 38.3 Å². The van der Waals surface area contributed by atoms with Crippen molar-refractivity contribution in [1.82, 2.24) is 21.3 Å². The number of anilines is 1. The van der Waals surface area contributed by atoms with Crippen molar-refractivity contribution in [2.24, 2.45) is 5.73 Å². The molecule has 0 aliphatic rings. The molecule has 0 spiro atoms. The van der Waals surface area contributed by atoms with Crippen LogP contribution in [0, 0.1) is 0 Å². The number of hydrogen-bond acceptors (Lipinski definition) is 6.